The molecule has 0 aromatic carbocycles. The minimum absolute atomic E-state index is 0. The molecule has 1 spiro atoms. The summed E-state index contributed by atoms with van der Waals surface area (Å²) in [7, 11) is 0. The summed E-state index contributed by atoms with van der Waals surface area (Å²) in [5, 5.41) is 3.46. The molecule has 2 aliphatic rings. The largest absolute Gasteiger partial charge is 0.311 e. The summed E-state index contributed by atoms with van der Waals surface area (Å²) >= 11 is 0. The van der Waals surface area contributed by atoms with E-state index in [1.807, 2.05) is 0 Å². The Morgan fingerprint density at radius 2 is 1.75 bits per heavy atom. The maximum Gasteiger partial charge on any atom is 0.0193 e. The monoisotopic (exact) mass is 133 g/mol. The predicted molar refractivity (Wildman–Crippen MR) is 36.4 cm³/mol. The number of nitrogens with one attached hydrogen (secondary N) is 1. The predicted octanol–water partition coefficient (Wildman–Crippen LogP) is 1.32. The normalized spacial score (nSPS) is 30.0. The van der Waals surface area contributed by atoms with E-state index >= 15 is 0 Å². The highest BCUT2D eigenvalue weighted by molar-refractivity contribution is 5.85. The van der Waals surface area contributed by atoms with E-state index in [1.54, 1.807) is 0 Å². The zero-order valence-electron chi connectivity index (χ0n) is 4.94. The third-order valence-corrected chi connectivity index (χ3v) is 2.41. The van der Waals surface area contributed by atoms with Gasteiger partial charge in [-0.15, -0.1) is 12.4 Å². The van der Waals surface area contributed by atoms with Crippen LogP contribution in [0, 0.1) is 0 Å². The fourth-order valence-corrected chi connectivity index (χ4v) is 1.51. The molecule has 1 heterocycles. The fraction of sp³-hybridized carbons (Fsp3) is 1.00. The van der Waals surface area contributed by atoms with Gasteiger partial charge in [-0.1, -0.05) is 0 Å². The van der Waals surface area contributed by atoms with Gasteiger partial charge in [-0.2, -0.15) is 0 Å². The van der Waals surface area contributed by atoms with Crippen LogP contribution in [0.3, 0.4) is 0 Å². The molecule has 0 atom stereocenters. The first-order valence-corrected chi connectivity index (χ1v) is 3.16. The van der Waals surface area contributed by atoms with Crippen molar-refractivity contribution in [2.75, 3.05) is 6.54 Å². The summed E-state index contributed by atoms with van der Waals surface area (Å²) in [6, 6.07) is 0. The second-order valence-electron chi connectivity index (χ2n) is 2.81. The summed E-state index contributed by atoms with van der Waals surface area (Å²) in [6.07, 6.45) is 5.82. The molecule has 48 valence electrons. The Morgan fingerprint density at radius 3 is 1.75 bits per heavy atom. The molecule has 1 saturated heterocycles. The number of halogens is 1. The Hall–Kier alpha value is 0.250. The molecule has 0 bridgehead atoms. The maximum atomic E-state index is 3.46. The SMILES string of the molecule is C1CC2(C1)CCN2.Cl. The van der Waals surface area contributed by atoms with E-state index in [-0.39, 0.29) is 12.4 Å². The van der Waals surface area contributed by atoms with Gasteiger partial charge in [-0.25, -0.2) is 0 Å². The van der Waals surface area contributed by atoms with E-state index < -0.39 is 0 Å². The first kappa shape index (κ1) is 6.37. The van der Waals surface area contributed by atoms with E-state index in [9.17, 15) is 0 Å². The molecule has 0 aromatic rings. The highest BCUT2D eigenvalue weighted by Crippen LogP contribution is 2.38. The van der Waals surface area contributed by atoms with Gasteiger partial charge in [0.25, 0.3) is 0 Å². The molecule has 1 N–H and O–H groups in total. The second kappa shape index (κ2) is 1.89. The van der Waals surface area contributed by atoms with E-state index in [4.69, 9.17) is 0 Å². The van der Waals surface area contributed by atoms with Crippen LogP contribution in [0.2, 0.25) is 0 Å². The Balaban J connectivity index is 0.000000320. The molecule has 1 aliphatic carbocycles. The Morgan fingerprint density at radius 1 is 1.12 bits per heavy atom. The Labute approximate surface area is 56.3 Å². The maximum absolute atomic E-state index is 3.46. The Kier molecular flexibility index (Phi) is 1.50. The van der Waals surface area contributed by atoms with Crippen LogP contribution in [0.25, 0.3) is 0 Å². The van der Waals surface area contributed by atoms with Crippen molar-refractivity contribution in [3.8, 4) is 0 Å². The van der Waals surface area contributed by atoms with Crippen molar-refractivity contribution >= 4 is 12.4 Å². The van der Waals surface area contributed by atoms with Gasteiger partial charge >= 0.3 is 0 Å². The minimum atomic E-state index is 0. The topological polar surface area (TPSA) is 12.0 Å². The van der Waals surface area contributed by atoms with Gasteiger partial charge in [0.05, 0.1) is 0 Å². The molecule has 0 amide bonds. The lowest BCUT2D eigenvalue weighted by Gasteiger charge is -2.50. The van der Waals surface area contributed by atoms with Crippen LogP contribution in [-0.2, 0) is 0 Å². The second-order valence-corrected chi connectivity index (χ2v) is 2.81. The molecule has 2 rings (SSSR count). The van der Waals surface area contributed by atoms with Gasteiger partial charge in [0.15, 0.2) is 0 Å². The highest BCUT2D eigenvalue weighted by atomic mass is 35.5. The molecule has 1 saturated carbocycles. The van der Waals surface area contributed by atoms with Gasteiger partial charge in [-0.05, 0) is 32.2 Å². The van der Waals surface area contributed by atoms with Crippen LogP contribution < -0.4 is 5.32 Å². The van der Waals surface area contributed by atoms with Gasteiger partial charge in [0.1, 0.15) is 0 Å². The van der Waals surface area contributed by atoms with Crippen molar-refractivity contribution < 1.29 is 0 Å². The molecule has 0 aromatic heterocycles. The van der Waals surface area contributed by atoms with Crippen LogP contribution in [-0.4, -0.2) is 12.1 Å². The lowest BCUT2D eigenvalue weighted by atomic mass is 9.70. The third-order valence-electron chi connectivity index (χ3n) is 2.41. The molecular weight excluding hydrogens is 122 g/mol. The van der Waals surface area contributed by atoms with E-state index in [0.717, 1.165) is 0 Å². The molecule has 1 aliphatic heterocycles. The molecule has 8 heavy (non-hydrogen) atoms. The van der Waals surface area contributed by atoms with Crippen molar-refractivity contribution in [2.24, 2.45) is 0 Å². The lowest BCUT2D eigenvalue weighted by Crippen LogP contribution is -2.61. The number of hydrogen-bond acceptors (Lipinski definition) is 1. The summed E-state index contributed by atoms with van der Waals surface area (Å²) in [5.41, 5.74) is 0.694. The van der Waals surface area contributed by atoms with E-state index in [2.05, 4.69) is 5.32 Å². The fourth-order valence-electron chi connectivity index (χ4n) is 1.51. The van der Waals surface area contributed by atoms with Crippen molar-refractivity contribution in [3.63, 3.8) is 0 Å². The molecule has 2 heteroatoms. The quantitative estimate of drug-likeness (QED) is 0.526. The summed E-state index contributed by atoms with van der Waals surface area (Å²) < 4.78 is 0. The average Bonchev–Trinajstić information content (AvgIpc) is 1.20. The van der Waals surface area contributed by atoms with Crippen molar-refractivity contribution in [3.05, 3.63) is 0 Å². The van der Waals surface area contributed by atoms with Gasteiger partial charge < -0.3 is 5.32 Å². The van der Waals surface area contributed by atoms with Gasteiger partial charge in [0, 0.05) is 5.54 Å². The molecular formula is C6H12ClN. The van der Waals surface area contributed by atoms with Gasteiger partial charge in [0.2, 0.25) is 0 Å². The van der Waals surface area contributed by atoms with Crippen molar-refractivity contribution in [2.45, 2.75) is 31.2 Å². The first-order chi connectivity index (χ1) is 3.41. The van der Waals surface area contributed by atoms with E-state index in [1.165, 1.54) is 32.2 Å². The average molecular weight is 134 g/mol. The zero-order chi connectivity index (χ0) is 4.74. The van der Waals surface area contributed by atoms with E-state index in [0.29, 0.717) is 5.54 Å². The molecule has 2 fully saturated rings. The van der Waals surface area contributed by atoms with Crippen LogP contribution in [0.1, 0.15) is 25.7 Å². The number of hydrogen-bond donors (Lipinski definition) is 1. The Bertz CT molecular complexity index is 69.0. The van der Waals surface area contributed by atoms with Crippen molar-refractivity contribution in [1.29, 1.82) is 0 Å². The van der Waals surface area contributed by atoms with Gasteiger partial charge in [-0.3, -0.25) is 0 Å². The number of rotatable bonds is 0. The molecule has 0 radical (unpaired) electrons. The minimum Gasteiger partial charge on any atom is -0.311 e. The summed E-state index contributed by atoms with van der Waals surface area (Å²) in [4.78, 5) is 0. The molecule has 0 unspecified atom stereocenters. The zero-order valence-corrected chi connectivity index (χ0v) is 5.76. The summed E-state index contributed by atoms with van der Waals surface area (Å²) in [5.74, 6) is 0. The summed E-state index contributed by atoms with van der Waals surface area (Å²) in [6.45, 7) is 1.28. The first-order valence-electron chi connectivity index (χ1n) is 3.16. The van der Waals surface area contributed by atoms with Crippen LogP contribution >= 0.6 is 12.4 Å². The van der Waals surface area contributed by atoms with Crippen LogP contribution in [0.15, 0.2) is 0 Å². The lowest BCUT2D eigenvalue weighted by molar-refractivity contribution is 0.101. The van der Waals surface area contributed by atoms with Crippen LogP contribution in [0.5, 0.6) is 0 Å². The van der Waals surface area contributed by atoms with Crippen molar-refractivity contribution in [1.82, 2.24) is 5.32 Å². The molecule has 1 nitrogen and oxygen atoms in total. The smallest absolute Gasteiger partial charge is 0.0193 e. The standard InChI is InChI=1S/C6H11N.ClH/c1-2-6(3-1)4-5-7-6;/h7H,1-5H2;1H. The highest BCUT2D eigenvalue weighted by Gasteiger charge is 2.41. The third kappa shape index (κ3) is 0.652. The van der Waals surface area contributed by atoms with Crippen LogP contribution in [0.4, 0.5) is 0 Å².